The Morgan fingerprint density at radius 2 is 2.13 bits per heavy atom. The summed E-state index contributed by atoms with van der Waals surface area (Å²) in [5, 5.41) is 6.89. The maximum atomic E-state index is 11.9. The van der Waals surface area contributed by atoms with E-state index in [1.54, 1.807) is 7.11 Å². The molecule has 6 heteroatoms. The minimum absolute atomic E-state index is 0.0741. The molecule has 0 saturated carbocycles. The van der Waals surface area contributed by atoms with Crippen LogP contribution in [0.1, 0.15) is 32.6 Å². The topological polar surface area (TPSA) is 77.2 Å². The number of amides is 1. The summed E-state index contributed by atoms with van der Waals surface area (Å²) in [5.41, 5.74) is 0.834. The van der Waals surface area contributed by atoms with Gasteiger partial charge in [-0.2, -0.15) is 4.98 Å². The minimum atomic E-state index is 0.0741. The molecule has 0 aliphatic rings. The number of carbonyl (C=O) groups is 1. The van der Waals surface area contributed by atoms with Crippen molar-refractivity contribution in [2.75, 3.05) is 13.7 Å². The summed E-state index contributed by atoms with van der Waals surface area (Å²) in [5.74, 6) is 1.93. The van der Waals surface area contributed by atoms with Gasteiger partial charge in [0.05, 0.1) is 7.11 Å². The third-order valence-corrected chi connectivity index (χ3v) is 3.79. The molecule has 2 rings (SSSR count). The molecule has 124 valence electrons. The molecule has 1 amide bonds. The summed E-state index contributed by atoms with van der Waals surface area (Å²) in [7, 11) is 1.61. The van der Waals surface area contributed by atoms with Crippen LogP contribution >= 0.6 is 0 Å². The van der Waals surface area contributed by atoms with Crippen molar-refractivity contribution in [3.05, 3.63) is 30.2 Å². The molecule has 6 nitrogen and oxygen atoms in total. The van der Waals surface area contributed by atoms with Crippen LogP contribution in [0.15, 0.2) is 28.8 Å². The van der Waals surface area contributed by atoms with E-state index in [0.717, 1.165) is 24.2 Å². The Hall–Kier alpha value is -2.37. The molecular weight excluding hydrogens is 294 g/mol. The summed E-state index contributed by atoms with van der Waals surface area (Å²) in [4.78, 5) is 16.3. The van der Waals surface area contributed by atoms with Gasteiger partial charge >= 0.3 is 0 Å². The first-order valence-corrected chi connectivity index (χ1v) is 7.92. The van der Waals surface area contributed by atoms with E-state index in [-0.39, 0.29) is 11.8 Å². The number of nitrogens with one attached hydrogen (secondary N) is 1. The fourth-order valence-corrected chi connectivity index (χ4v) is 2.33. The van der Waals surface area contributed by atoms with E-state index in [2.05, 4.69) is 15.5 Å². The quantitative estimate of drug-likeness (QED) is 0.810. The van der Waals surface area contributed by atoms with Crippen LogP contribution in [-0.2, 0) is 11.2 Å². The molecule has 0 atom stereocenters. The van der Waals surface area contributed by atoms with Crippen LogP contribution in [0.4, 0.5) is 0 Å². The average Bonchev–Trinajstić information content (AvgIpc) is 3.05. The first-order valence-electron chi connectivity index (χ1n) is 7.92. The van der Waals surface area contributed by atoms with Gasteiger partial charge in [0.1, 0.15) is 5.75 Å². The number of carbonyl (C=O) groups excluding carboxylic acids is 1. The van der Waals surface area contributed by atoms with E-state index < -0.39 is 0 Å². The van der Waals surface area contributed by atoms with Gasteiger partial charge in [-0.1, -0.05) is 31.1 Å². The summed E-state index contributed by atoms with van der Waals surface area (Å²) in [6, 6.07) is 7.48. The molecule has 1 heterocycles. The van der Waals surface area contributed by atoms with E-state index in [0.29, 0.717) is 24.7 Å². The number of rotatable bonds is 8. The second kappa shape index (κ2) is 8.31. The Morgan fingerprint density at radius 3 is 2.83 bits per heavy atom. The van der Waals surface area contributed by atoms with Gasteiger partial charge in [0.2, 0.25) is 17.6 Å². The maximum Gasteiger partial charge on any atom is 0.228 e. The Bertz CT molecular complexity index is 636. The average molecular weight is 317 g/mol. The van der Waals surface area contributed by atoms with Crippen LogP contribution in [0.2, 0.25) is 0 Å². The first-order chi connectivity index (χ1) is 11.2. The molecule has 0 aliphatic carbocycles. The number of methoxy groups -OCH3 is 1. The number of ether oxygens (including phenoxy) is 1. The van der Waals surface area contributed by atoms with Gasteiger partial charge in [0.25, 0.3) is 0 Å². The van der Waals surface area contributed by atoms with Gasteiger partial charge in [-0.3, -0.25) is 4.79 Å². The lowest BCUT2D eigenvalue weighted by molar-refractivity contribution is -0.125. The van der Waals surface area contributed by atoms with E-state index in [4.69, 9.17) is 9.26 Å². The van der Waals surface area contributed by atoms with Crippen molar-refractivity contribution >= 4 is 5.91 Å². The molecule has 1 N–H and O–H groups in total. The Morgan fingerprint density at radius 1 is 1.35 bits per heavy atom. The highest BCUT2D eigenvalue weighted by Gasteiger charge is 2.14. The van der Waals surface area contributed by atoms with Crippen LogP contribution in [0, 0.1) is 5.92 Å². The molecule has 2 aromatic rings. The highest BCUT2D eigenvalue weighted by molar-refractivity contribution is 5.78. The van der Waals surface area contributed by atoms with Gasteiger partial charge in [-0.05, 0) is 25.0 Å². The molecule has 0 bridgehead atoms. The highest BCUT2D eigenvalue weighted by Crippen LogP contribution is 2.21. The van der Waals surface area contributed by atoms with Gasteiger partial charge in [0, 0.05) is 24.4 Å². The van der Waals surface area contributed by atoms with Crippen molar-refractivity contribution in [2.45, 2.75) is 33.1 Å². The molecule has 0 saturated heterocycles. The molecule has 0 fully saturated rings. The Balaban J connectivity index is 1.91. The maximum absolute atomic E-state index is 11.9. The van der Waals surface area contributed by atoms with E-state index in [1.807, 2.05) is 38.1 Å². The van der Waals surface area contributed by atoms with E-state index in [9.17, 15) is 4.79 Å². The van der Waals surface area contributed by atoms with Crippen LogP contribution in [0.5, 0.6) is 5.75 Å². The van der Waals surface area contributed by atoms with Crippen molar-refractivity contribution in [3.63, 3.8) is 0 Å². The van der Waals surface area contributed by atoms with Gasteiger partial charge < -0.3 is 14.6 Å². The molecule has 1 aromatic heterocycles. The lowest BCUT2D eigenvalue weighted by Gasteiger charge is -2.11. The summed E-state index contributed by atoms with van der Waals surface area (Å²) in [6.45, 7) is 4.54. The third kappa shape index (κ3) is 4.55. The second-order valence-electron chi connectivity index (χ2n) is 5.30. The predicted molar refractivity (Wildman–Crippen MR) is 87.1 cm³/mol. The zero-order chi connectivity index (χ0) is 16.7. The Kier molecular flexibility index (Phi) is 6.14. The van der Waals surface area contributed by atoms with Crippen molar-refractivity contribution in [2.24, 2.45) is 5.92 Å². The molecule has 0 radical (unpaired) electrons. The summed E-state index contributed by atoms with van der Waals surface area (Å²) < 4.78 is 10.4. The number of hydrogen-bond acceptors (Lipinski definition) is 5. The van der Waals surface area contributed by atoms with E-state index in [1.165, 1.54) is 0 Å². The van der Waals surface area contributed by atoms with Crippen LogP contribution in [-0.4, -0.2) is 29.7 Å². The van der Waals surface area contributed by atoms with Crippen LogP contribution in [0.25, 0.3) is 11.4 Å². The SMILES string of the molecule is CCC(CC)C(=O)NCCc1nc(-c2cccc(OC)c2)no1. The highest BCUT2D eigenvalue weighted by atomic mass is 16.5. The van der Waals surface area contributed by atoms with Crippen LogP contribution < -0.4 is 10.1 Å². The third-order valence-electron chi connectivity index (χ3n) is 3.79. The monoisotopic (exact) mass is 317 g/mol. The standard InChI is InChI=1S/C17H23N3O3/c1-4-12(5-2)17(21)18-10-9-15-19-16(20-23-15)13-7-6-8-14(11-13)22-3/h6-8,11-12H,4-5,9-10H2,1-3H3,(H,18,21). The molecule has 0 aliphatic heterocycles. The fourth-order valence-electron chi connectivity index (χ4n) is 2.33. The molecule has 0 spiro atoms. The van der Waals surface area contributed by atoms with Crippen molar-refractivity contribution < 1.29 is 14.1 Å². The molecular formula is C17H23N3O3. The lowest BCUT2D eigenvalue weighted by atomic mass is 10.0. The fraction of sp³-hybridized carbons (Fsp3) is 0.471. The normalized spacial score (nSPS) is 10.8. The zero-order valence-electron chi connectivity index (χ0n) is 13.8. The predicted octanol–water partition coefficient (Wildman–Crippen LogP) is 2.84. The number of benzene rings is 1. The van der Waals surface area contributed by atoms with Gasteiger partial charge in [0.15, 0.2) is 0 Å². The van der Waals surface area contributed by atoms with Crippen LogP contribution in [0.3, 0.4) is 0 Å². The van der Waals surface area contributed by atoms with Crippen molar-refractivity contribution in [1.82, 2.24) is 15.5 Å². The number of nitrogens with zero attached hydrogens (tertiary/aromatic N) is 2. The second-order valence-corrected chi connectivity index (χ2v) is 5.30. The first kappa shape index (κ1) is 17.0. The lowest BCUT2D eigenvalue weighted by Crippen LogP contribution is -2.31. The molecule has 1 aromatic carbocycles. The summed E-state index contributed by atoms with van der Waals surface area (Å²) in [6.07, 6.45) is 2.22. The molecule has 23 heavy (non-hydrogen) atoms. The van der Waals surface area contributed by atoms with Crippen molar-refractivity contribution in [1.29, 1.82) is 0 Å². The summed E-state index contributed by atoms with van der Waals surface area (Å²) >= 11 is 0. The number of aromatic nitrogens is 2. The van der Waals surface area contributed by atoms with Crippen molar-refractivity contribution in [3.8, 4) is 17.1 Å². The van der Waals surface area contributed by atoms with Gasteiger partial charge in [-0.15, -0.1) is 0 Å². The smallest absolute Gasteiger partial charge is 0.228 e. The Labute approximate surface area is 136 Å². The number of hydrogen-bond donors (Lipinski definition) is 1. The zero-order valence-corrected chi connectivity index (χ0v) is 13.8. The molecule has 0 unspecified atom stereocenters. The van der Waals surface area contributed by atoms with E-state index >= 15 is 0 Å². The van der Waals surface area contributed by atoms with Gasteiger partial charge in [-0.25, -0.2) is 0 Å². The minimum Gasteiger partial charge on any atom is -0.497 e. The largest absolute Gasteiger partial charge is 0.497 e.